The molecule has 0 spiro atoms. The monoisotopic (exact) mass is 373 g/mol. The average Bonchev–Trinajstić information content (AvgIpc) is 3.12. The smallest absolute Gasteiger partial charge is 0.343 e. The quantitative estimate of drug-likeness (QED) is 0.633. The number of aryl methyl sites for hydroxylation is 1. The SMILES string of the molecule is CCOC(=O)c1cn(CC)c2nc(-c3nc(N(C)C)ns3)ccc2c1=O. The molecule has 0 aliphatic rings. The van der Waals surface area contributed by atoms with Crippen LogP contribution in [0.1, 0.15) is 24.2 Å². The maximum absolute atomic E-state index is 12.7. The van der Waals surface area contributed by atoms with Crippen LogP contribution in [-0.2, 0) is 11.3 Å². The zero-order valence-corrected chi connectivity index (χ0v) is 15.8. The Labute approximate surface area is 154 Å². The fourth-order valence-electron chi connectivity index (χ4n) is 2.48. The fraction of sp³-hybridized carbons (Fsp3) is 0.353. The number of fused-ring (bicyclic) bond motifs is 1. The molecule has 3 aromatic rings. The Bertz CT molecular complexity index is 1020. The van der Waals surface area contributed by atoms with Crippen LogP contribution in [0.5, 0.6) is 0 Å². The molecule has 0 radical (unpaired) electrons. The minimum absolute atomic E-state index is 0.0153. The van der Waals surface area contributed by atoms with Gasteiger partial charge in [-0.3, -0.25) is 4.79 Å². The molecule has 9 heteroatoms. The molecular weight excluding hydrogens is 354 g/mol. The van der Waals surface area contributed by atoms with Crippen molar-refractivity contribution in [3.8, 4) is 10.7 Å². The molecule has 8 nitrogen and oxygen atoms in total. The van der Waals surface area contributed by atoms with Crippen molar-refractivity contribution in [3.05, 3.63) is 34.1 Å². The molecule has 26 heavy (non-hydrogen) atoms. The third kappa shape index (κ3) is 3.17. The Morgan fingerprint density at radius 3 is 2.65 bits per heavy atom. The van der Waals surface area contributed by atoms with Gasteiger partial charge in [-0.25, -0.2) is 9.78 Å². The van der Waals surface area contributed by atoms with Crippen LogP contribution >= 0.6 is 11.5 Å². The van der Waals surface area contributed by atoms with Crippen LogP contribution in [0.15, 0.2) is 23.1 Å². The maximum Gasteiger partial charge on any atom is 0.343 e. The van der Waals surface area contributed by atoms with E-state index >= 15 is 0 Å². The van der Waals surface area contributed by atoms with Crippen LogP contribution in [-0.4, -0.2) is 45.6 Å². The van der Waals surface area contributed by atoms with E-state index in [2.05, 4.69) is 14.3 Å². The summed E-state index contributed by atoms with van der Waals surface area (Å²) in [5, 5.41) is 1.04. The number of pyridine rings is 2. The van der Waals surface area contributed by atoms with Crippen molar-refractivity contribution in [1.82, 2.24) is 18.9 Å². The number of hydrogen-bond acceptors (Lipinski definition) is 8. The number of esters is 1. The van der Waals surface area contributed by atoms with Crippen LogP contribution in [0.3, 0.4) is 0 Å². The van der Waals surface area contributed by atoms with Crippen molar-refractivity contribution in [3.63, 3.8) is 0 Å². The van der Waals surface area contributed by atoms with Gasteiger partial charge in [0.05, 0.1) is 12.0 Å². The first-order chi connectivity index (χ1) is 12.5. The van der Waals surface area contributed by atoms with Gasteiger partial charge < -0.3 is 14.2 Å². The fourth-order valence-corrected chi connectivity index (χ4v) is 3.18. The summed E-state index contributed by atoms with van der Waals surface area (Å²) in [6.07, 6.45) is 1.50. The second kappa shape index (κ2) is 7.20. The number of carbonyl (C=O) groups excluding carboxylic acids is 1. The molecule has 0 aromatic carbocycles. The van der Waals surface area contributed by atoms with E-state index in [1.54, 1.807) is 23.6 Å². The van der Waals surface area contributed by atoms with Crippen molar-refractivity contribution < 1.29 is 9.53 Å². The molecule has 0 aliphatic carbocycles. The van der Waals surface area contributed by atoms with Gasteiger partial charge in [0.15, 0.2) is 5.01 Å². The predicted octanol–water partition coefficient (Wildman–Crippen LogP) is 2.18. The lowest BCUT2D eigenvalue weighted by Gasteiger charge is -2.11. The molecule has 0 aliphatic heterocycles. The second-order valence-electron chi connectivity index (χ2n) is 5.74. The van der Waals surface area contributed by atoms with Gasteiger partial charge in [-0.15, -0.1) is 0 Å². The number of carbonyl (C=O) groups is 1. The zero-order chi connectivity index (χ0) is 18.8. The first kappa shape index (κ1) is 18.0. The highest BCUT2D eigenvalue weighted by Crippen LogP contribution is 2.24. The third-order valence-electron chi connectivity index (χ3n) is 3.79. The molecule has 136 valence electrons. The molecule has 0 atom stereocenters. The van der Waals surface area contributed by atoms with Crippen molar-refractivity contribution in [2.45, 2.75) is 20.4 Å². The Kier molecular flexibility index (Phi) is 4.99. The molecule has 0 saturated heterocycles. The Balaban J connectivity index is 2.16. The molecule has 0 fully saturated rings. The molecule has 0 bridgehead atoms. The standard InChI is InChI=1S/C17H19N5O3S/c1-5-22-9-11(16(24)25-6-2)13(23)10-7-8-12(18-14(10)22)15-19-17(20-26-15)21(3)4/h7-9H,5-6H2,1-4H3. The number of ether oxygens (including phenoxy) is 1. The average molecular weight is 373 g/mol. The minimum atomic E-state index is -0.620. The highest BCUT2D eigenvalue weighted by Gasteiger charge is 2.18. The summed E-state index contributed by atoms with van der Waals surface area (Å²) in [5.74, 6) is -0.0112. The van der Waals surface area contributed by atoms with Crippen molar-refractivity contribution in [2.75, 3.05) is 25.6 Å². The van der Waals surface area contributed by atoms with E-state index in [9.17, 15) is 9.59 Å². The Hall–Kier alpha value is -2.81. The van der Waals surface area contributed by atoms with Gasteiger partial charge in [-0.2, -0.15) is 9.36 Å². The number of nitrogens with zero attached hydrogens (tertiary/aromatic N) is 5. The minimum Gasteiger partial charge on any atom is -0.462 e. The highest BCUT2D eigenvalue weighted by molar-refractivity contribution is 7.09. The summed E-state index contributed by atoms with van der Waals surface area (Å²) in [5.41, 5.74) is 0.772. The van der Waals surface area contributed by atoms with E-state index in [4.69, 9.17) is 4.74 Å². The summed E-state index contributed by atoms with van der Waals surface area (Å²) in [6.45, 7) is 4.39. The number of anilines is 1. The summed E-state index contributed by atoms with van der Waals surface area (Å²) in [7, 11) is 3.73. The largest absolute Gasteiger partial charge is 0.462 e. The molecule has 0 saturated carbocycles. The van der Waals surface area contributed by atoms with E-state index in [1.807, 2.05) is 25.9 Å². The van der Waals surface area contributed by atoms with Gasteiger partial charge in [0, 0.05) is 26.8 Å². The van der Waals surface area contributed by atoms with Gasteiger partial charge in [0.1, 0.15) is 16.9 Å². The molecule has 3 aromatic heterocycles. The summed E-state index contributed by atoms with van der Waals surface area (Å²) in [4.78, 5) is 35.6. The molecule has 0 unspecified atom stereocenters. The molecule has 3 heterocycles. The number of aromatic nitrogens is 4. The van der Waals surface area contributed by atoms with Crippen molar-refractivity contribution in [2.24, 2.45) is 0 Å². The van der Waals surface area contributed by atoms with Crippen LogP contribution in [0.4, 0.5) is 5.95 Å². The highest BCUT2D eigenvalue weighted by atomic mass is 32.1. The lowest BCUT2D eigenvalue weighted by Crippen LogP contribution is -2.21. The van der Waals surface area contributed by atoms with E-state index in [1.165, 1.54) is 17.7 Å². The lowest BCUT2D eigenvalue weighted by atomic mass is 10.2. The second-order valence-corrected chi connectivity index (χ2v) is 6.49. The molecule has 0 N–H and O–H groups in total. The van der Waals surface area contributed by atoms with Gasteiger partial charge in [0.2, 0.25) is 11.4 Å². The van der Waals surface area contributed by atoms with Crippen LogP contribution in [0, 0.1) is 0 Å². The number of hydrogen-bond donors (Lipinski definition) is 0. The van der Waals surface area contributed by atoms with Gasteiger partial charge in [0.25, 0.3) is 0 Å². The van der Waals surface area contributed by atoms with Gasteiger partial charge in [-0.05, 0) is 37.5 Å². The van der Waals surface area contributed by atoms with E-state index < -0.39 is 5.97 Å². The first-order valence-electron chi connectivity index (χ1n) is 8.19. The zero-order valence-electron chi connectivity index (χ0n) is 15.0. The number of rotatable bonds is 5. The summed E-state index contributed by atoms with van der Waals surface area (Å²) >= 11 is 1.25. The molecular formula is C17H19N5O3S. The normalized spacial score (nSPS) is 10.9. The molecule has 3 rings (SSSR count). The lowest BCUT2D eigenvalue weighted by molar-refractivity contribution is 0.0524. The first-order valence-corrected chi connectivity index (χ1v) is 8.96. The Morgan fingerprint density at radius 2 is 2.04 bits per heavy atom. The van der Waals surface area contributed by atoms with Crippen molar-refractivity contribution in [1.29, 1.82) is 0 Å². The Morgan fingerprint density at radius 1 is 1.27 bits per heavy atom. The van der Waals surface area contributed by atoms with Crippen molar-refractivity contribution >= 4 is 34.5 Å². The van der Waals surface area contributed by atoms with Gasteiger partial charge in [-0.1, -0.05) is 0 Å². The molecule has 0 amide bonds. The maximum atomic E-state index is 12.7. The third-order valence-corrected chi connectivity index (χ3v) is 4.52. The predicted molar refractivity (Wildman–Crippen MR) is 101 cm³/mol. The van der Waals surface area contributed by atoms with Crippen LogP contribution in [0.2, 0.25) is 0 Å². The van der Waals surface area contributed by atoms with E-state index in [-0.39, 0.29) is 17.6 Å². The van der Waals surface area contributed by atoms with Crippen LogP contribution in [0.25, 0.3) is 21.7 Å². The van der Waals surface area contributed by atoms with Gasteiger partial charge >= 0.3 is 5.97 Å². The van der Waals surface area contributed by atoms with E-state index in [0.717, 1.165) is 0 Å². The summed E-state index contributed by atoms with van der Waals surface area (Å²) < 4.78 is 11.0. The van der Waals surface area contributed by atoms with Crippen LogP contribution < -0.4 is 10.3 Å². The van der Waals surface area contributed by atoms with E-state index in [0.29, 0.717) is 34.2 Å². The topological polar surface area (TPSA) is 90.2 Å². The summed E-state index contributed by atoms with van der Waals surface area (Å²) in [6, 6.07) is 3.39.